The molecule has 0 atom stereocenters. The van der Waals surface area contributed by atoms with Gasteiger partial charge in [0, 0.05) is 19.0 Å². The Labute approximate surface area is 126 Å². The van der Waals surface area contributed by atoms with Crippen LogP contribution in [-0.2, 0) is 25.9 Å². The predicted octanol–water partition coefficient (Wildman–Crippen LogP) is 3.36. The standard InChI is InChI=1S/C17H23N3O/c1-3-13-5-7-14(8-6-13)11-20(15-9-10-15)12-17-19-18-16(4-2)21-17/h5-8,15H,3-4,9-12H2,1-2H3. The van der Waals surface area contributed by atoms with Gasteiger partial charge >= 0.3 is 0 Å². The van der Waals surface area contributed by atoms with Crippen LogP contribution >= 0.6 is 0 Å². The van der Waals surface area contributed by atoms with Crippen molar-refractivity contribution in [1.82, 2.24) is 15.1 Å². The largest absolute Gasteiger partial charge is 0.424 e. The van der Waals surface area contributed by atoms with Crippen molar-refractivity contribution in [2.24, 2.45) is 0 Å². The molecule has 1 fully saturated rings. The third kappa shape index (κ3) is 3.70. The average molecular weight is 285 g/mol. The van der Waals surface area contributed by atoms with E-state index >= 15 is 0 Å². The SMILES string of the molecule is CCc1ccc(CN(Cc2nnc(CC)o2)C2CC2)cc1. The van der Waals surface area contributed by atoms with Crippen LogP contribution in [0.4, 0.5) is 0 Å². The van der Waals surface area contributed by atoms with Crippen LogP contribution in [0.25, 0.3) is 0 Å². The first-order valence-electron chi connectivity index (χ1n) is 7.91. The van der Waals surface area contributed by atoms with E-state index in [1.54, 1.807) is 0 Å². The molecule has 2 aromatic rings. The van der Waals surface area contributed by atoms with Crippen LogP contribution < -0.4 is 0 Å². The molecule has 3 rings (SSSR count). The fourth-order valence-corrected chi connectivity index (χ4v) is 2.54. The van der Waals surface area contributed by atoms with Crippen LogP contribution in [0.15, 0.2) is 28.7 Å². The number of hydrogen-bond donors (Lipinski definition) is 0. The molecule has 1 heterocycles. The summed E-state index contributed by atoms with van der Waals surface area (Å²) in [5.41, 5.74) is 2.75. The number of aryl methyl sites for hydroxylation is 2. The maximum atomic E-state index is 5.65. The summed E-state index contributed by atoms with van der Waals surface area (Å²) in [6.45, 7) is 5.93. The molecule has 1 saturated carbocycles. The lowest BCUT2D eigenvalue weighted by Crippen LogP contribution is -2.25. The minimum absolute atomic E-state index is 0.674. The van der Waals surface area contributed by atoms with Crippen LogP contribution in [-0.4, -0.2) is 21.1 Å². The number of nitrogens with zero attached hydrogens (tertiary/aromatic N) is 3. The van der Waals surface area contributed by atoms with E-state index in [4.69, 9.17) is 4.42 Å². The van der Waals surface area contributed by atoms with Gasteiger partial charge in [0.1, 0.15) is 0 Å². The molecule has 0 radical (unpaired) electrons. The molecule has 112 valence electrons. The lowest BCUT2D eigenvalue weighted by Gasteiger charge is -2.20. The van der Waals surface area contributed by atoms with E-state index < -0.39 is 0 Å². The predicted molar refractivity (Wildman–Crippen MR) is 81.8 cm³/mol. The van der Waals surface area contributed by atoms with E-state index in [9.17, 15) is 0 Å². The topological polar surface area (TPSA) is 42.2 Å². The van der Waals surface area contributed by atoms with E-state index in [0.29, 0.717) is 6.04 Å². The zero-order valence-electron chi connectivity index (χ0n) is 12.9. The van der Waals surface area contributed by atoms with Crippen LogP contribution in [0.5, 0.6) is 0 Å². The van der Waals surface area contributed by atoms with E-state index in [0.717, 1.165) is 37.7 Å². The van der Waals surface area contributed by atoms with Crippen LogP contribution in [0.1, 0.15) is 49.6 Å². The van der Waals surface area contributed by atoms with Crippen molar-refractivity contribution in [3.8, 4) is 0 Å². The Morgan fingerprint density at radius 3 is 2.19 bits per heavy atom. The molecule has 0 spiro atoms. The molecule has 21 heavy (non-hydrogen) atoms. The maximum Gasteiger partial charge on any atom is 0.230 e. The van der Waals surface area contributed by atoms with Gasteiger partial charge in [-0.15, -0.1) is 10.2 Å². The molecule has 4 heteroatoms. The molecule has 1 aromatic carbocycles. The normalized spacial score (nSPS) is 14.8. The van der Waals surface area contributed by atoms with Gasteiger partial charge in [-0.25, -0.2) is 0 Å². The number of rotatable bonds is 7. The monoisotopic (exact) mass is 285 g/mol. The van der Waals surface area contributed by atoms with Crippen LogP contribution in [0.3, 0.4) is 0 Å². The molecule has 1 aliphatic rings. The molecule has 0 bridgehead atoms. The zero-order valence-corrected chi connectivity index (χ0v) is 12.9. The number of aromatic nitrogens is 2. The third-order valence-corrected chi connectivity index (χ3v) is 4.03. The van der Waals surface area contributed by atoms with Gasteiger partial charge in [-0.05, 0) is 30.4 Å². The lowest BCUT2D eigenvalue weighted by atomic mass is 10.1. The summed E-state index contributed by atoms with van der Waals surface area (Å²) in [6, 6.07) is 9.59. The number of hydrogen-bond acceptors (Lipinski definition) is 4. The van der Waals surface area contributed by atoms with Crippen molar-refractivity contribution in [2.45, 2.75) is 58.7 Å². The molecule has 0 aliphatic heterocycles. The van der Waals surface area contributed by atoms with Gasteiger partial charge in [0.2, 0.25) is 11.8 Å². The van der Waals surface area contributed by atoms with E-state index in [-0.39, 0.29) is 0 Å². The Balaban J connectivity index is 1.66. The maximum absolute atomic E-state index is 5.65. The smallest absolute Gasteiger partial charge is 0.230 e. The minimum atomic E-state index is 0.674. The zero-order chi connectivity index (χ0) is 14.7. The van der Waals surface area contributed by atoms with Crippen LogP contribution in [0, 0.1) is 0 Å². The summed E-state index contributed by atoms with van der Waals surface area (Å²) in [5.74, 6) is 1.47. The highest BCUT2D eigenvalue weighted by atomic mass is 16.4. The van der Waals surface area contributed by atoms with Crippen molar-refractivity contribution in [3.63, 3.8) is 0 Å². The summed E-state index contributed by atoms with van der Waals surface area (Å²) in [5, 5.41) is 8.20. The average Bonchev–Trinajstić information content (AvgIpc) is 3.27. The first kappa shape index (κ1) is 14.3. The Bertz CT molecular complexity index is 572. The summed E-state index contributed by atoms with van der Waals surface area (Å²) in [7, 11) is 0. The molecule has 0 N–H and O–H groups in total. The second-order valence-corrected chi connectivity index (χ2v) is 5.75. The molecule has 0 unspecified atom stereocenters. The molecule has 0 saturated heterocycles. The first-order valence-corrected chi connectivity index (χ1v) is 7.91. The first-order chi connectivity index (χ1) is 10.3. The Morgan fingerprint density at radius 1 is 0.952 bits per heavy atom. The fourth-order valence-electron chi connectivity index (χ4n) is 2.54. The highest BCUT2D eigenvalue weighted by Gasteiger charge is 2.30. The van der Waals surface area contributed by atoms with Crippen molar-refractivity contribution < 1.29 is 4.42 Å². The number of benzene rings is 1. The fraction of sp³-hybridized carbons (Fsp3) is 0.529. The summed E-state index contributed by atoms with van der Waals surface area (Å²) >= 11 is 0. The van der Waals surface area contributed by atoms with Crippen molar-refractivity contribution in [2.75, 3.05) is 0 Å². The van der Waals surface area contributed by atoms with E-state index in [1.165, 1.54) is 24.0 Å². The highest BCUT2D eigenvalue weighted by molar-refractivity contribution is 5.22. The van der Waals surface area contributed by atoms with Gasteiger partial charge < -0.3 is 4.42 Å². The van der Waals surface area contributed by atoms with E-state index in [2.05, 4.69) is 46.3 Å². The quantitative estimate of drug-likeness (QED) is 0.782. The second-order valence-electron chi connectivity index (χ2n) is 5.75. The minimum Gasteiger partial charge on any atom is -0.424 e. The van der Waals surface area contributed by atoms with Gasteiger partial charge in [-0.2, -0.15) is 0 Å². The molecular formula is C17H23N3O. The van der Waals surface area contributed by atoms with Gasteiger partial charge in [0.15, 0.2) is 0 Å². The van der Waals surface area contributed by atoms with E-state index in [1.807, 2.05) is 6.92 Å². The molecule has 1 aliphatic carbocycles. The van der Waals surface area contributed by atoms with Gasteiger partial charge in [0.25, 0.3) is 0 Å². The summed E-state index contributed by atoms with van der Waals surface area (Å²) in [6.07, 6.45) is 4.45. The van der Waals surface area contributed by atoms with Gasteiger partial charge in [-0.3, -0.25) is 4.90 Å². The summed E-state index contributed by atoms with van der Waals surface area (Å²) < 4.78 is 5.65. The van der Waals surface area contributed by atoms with Crippen molar-refractivity contribution in [1.29, 1.82) is 0 Å². The summed E-state index contributed by atoms with van der Waals surface area (Å²) in [4.78, 5) is 2.45. The molecule has 0 amide bonds. The lowest BCUT2D eigenvalue weighted by molar-refractivity contribution is 0.218. The van der Waals surface area contributed by atoms with Crippen molar-refractivity contribution in [3.05, 3.63) is 47.2 Å². The van der Waals surface area contributed by atoms with Gasteiger partial charge in [0.05, 0.1) is 6.54 Å². The second kappa shape index (κ2) is 6.39. The van der Waals surface area contributed by atoms with Gasteiger partial charge in [-0.1, -0.05) is 38.1 Å². The Kier molecular flexibility index (Phi) is 4.34. The third-order valence-electron chi connectivity index (χ3n) is 4.03. The molecular weight excluding hydrogens is 262 g/mol. The van der Waals surface area contributed by atoms with Crippen molar-refractivity contribution >= 4 is 0 Å². The Morgan fingerprint density at radius 2 is 1.62 bits per heavy atom. The van der Waals surface area contributed by atoms with Crippen LogP contribution in [0.2, 0.25) is 0 Å². The molecule has 4 nitrogen and oxygen atoms in total. The highest BCUT2D eigenvalue weighted by Crippen LogP contribution is 2.29. The Hall–Kier alpha value is -1.68. The molecule has 1 aromatic heterocycles.